The molecule has 25 heavy (non-hydrogen) atoms. The summed E-state index contributed by atoms with van der Waals surface area (Å²) in [6, 6.07) is 10.1. The van der Waals surface area contributed by atoms with E-state index in [0.717, 1.165) is 61.2 Å². The van der Waals surface area contributed by atoms with Crippen LogP contribution in [0.5, 0.6) is 0 Å². The lowest BCUT2D eigenvalue weighted by atomic mass is 10.3. The SMILES string of the molecule is COCc1nccc(N2CCN(Cc3nc4ccccc4[nH]3)CC2)n1. The van der Waals surface area contributed by atoms with Crippen molar-refractivity contribution in [3.8, 4) is 0 Å². The second kappa shape index (κ2) is 7.16. The molecule has 1 aliphatic rings. The molecule has 1 N–H and O–H groups in total. The maximum Gasteiger partial charge on any atom is 0.156 e. The maximum atomic E-state index is 5.12. The highest BCUT2D eigenvalue weighted by molar-refractivity contribution is 5.74. The Bertz CT molecular complexity index is 807. The first-order valence-corrected chi connectivity index (χ1v) is 8.53. The van der Waals surface area contributed by atoms with Crippen molar-refractivity contribution in [2.45, 2.75) is 13.2 Å². The molecule has 0 unspecified atom stereocenters. The van der Waals surface area contributed by atoms with Crippen molar-refractivity contribution in [2.75, 3.05) is 38.2 Å². The molecule has 130 valence electrons. The van der Waals surface area contributed by atoms with Crippen molar-refractivity contribution >= 4 is 16.9 Å². The van der Waals surface area contributed by atoms with Crippen LogP contribution >= 0.6 is 0 Å². The van der Waals surface area contributed by atoms with Crippen LogP contribution in [0.1, 0.15) is 11.6 Å². The molecule has 1 aliphatic heterocycles. The zero-order chi connectivity index (χ0) is 17.1. The second-order valence-corrected chi connectivity index (χ2v) is 6.23. The number of ether oxygens (including phenoxy) is 1. The van der Waals surface area contributed by atoms with Crippen LogP contribution in [0.15, 0.2) is 36.5 Å². The topological polar surface area (TPSA) is 70.2 Å². The molecule has 1 saturated heterocycles. The summed E-state index contributed by atoms with van der Waals surface area (Å²) < 4.78 is 5.12. The maximum absolute atomic E-state index is 5.12. The number of anilines is 1. The minimum Gasteiger partial charge on any atom is -0.377 e. The van der Waals surface area contributed by atoms with Crippen LogP contribution in [0.2, 0.25) is 0 Å². The molecule has 0 radical (unpaired) electrons. The van der Waals surface area contributed by atoms with Gasteiger partial charge < -0.3 is 14.6 Å². The minimum atomic E-state index is 0.444. The van der Waals surface area contributed by atoms with Crippen LogP contribution in [0.4, 0.5) is 5.82 Å². The number of benzene rings is 1. The van der Waals surface area contributed by atoms with Gasteiger partial charge in [-0.2, -0.15) is 0 Å². The number of hydrogen-bond donors (Lipinski definition) is 1. The van der Waals surface area contributed by atoms with Crippen molar-refractivity contribution in [3.63, 3.8) is 0 Å². The zero-order valence-electron chi connectivity index (χ0n) is 14.4. The second-order valence-electron chi connectivity index (χ2n) is 6.23. The molecular formula is C18H22N6O. The van der Waals surface area contributed by atoms with Crippen molar-refractivity contribution in [3.05, 3.63) is 48.2 Å². The Morgan fingerprint density at radius 1 is 1.08 bits per heavy atom. The largest absolute Gasteiger partial charge is 0.377 e. The van der Waals surface area contributed by atoms with E-state index >= 15 is 0 Å². The summed E-state index contributed by atoms with van der Waals surface area (Å²) in [5.74, 6) is 2.73. The van der Waals surface area contributed by atoms with Gasteiger partial charge in [-0.1, -0.05) is 12.1 Å². The number of methoxy groups -OCH3 is 1. The Balaban J connectivity index is 1.37. The number of aromatic nitrogens is 4. The molecule has 0 atom stereocenters. The van der Waals surface area contributed by atoms with Crippen LogP contribution in [0, 0.1) is 0 Å². The number of nitrogens with zero attached hydrogens (tertiary/aromatic N) is 5. The molecule has 0 bridgehead atoms. The van der Waals surface area contributed by atoms with E-state index in [4.69, 9.17) is 4.74 Å². The van der Waals surface area contributed by atoms with Gasteiger partial charge in [-0.05, 0) is 18.2 Å². The summed E-state index contributed by atoms with van der Waals surface area (Å²) in [5.41, 5.74) is 2.13. The number of fused-ring (bicyclic) bond motifs is 1. The molecular weight excluding hydrogens is 316 g/mol. The summed E-state index contributed by atoms with van der Waals surface area (Å²) in [4.78, 5) is 21.6. The minimum absolute atomic E-state index is 0.444. The van der Waals surface area contributed by atoms with E-state index in [2.05, 4.69) is 35.8 Å². The molecule has 1 aromatic carbocycles. The normalized spacial score (nSPS) is 15.8. The molecule has 7 nitrogen and oxygen atoms in total. The lowest BCUT2D eigenvalue weighted by Gasteiger charge is -2.35. The van der Waals surface area contributed by atoms with Crippen LogP contribution < -0.4 is 4.90 Å². The van der Waals surface area contributed by atoms with Gasteiger partial charge in [0.1, 0.15) is 18.2 Å². The van der Waals surface area contributed by atoms with Crippen LogP contribution in [-0.4, -0.2) is 58.1 Å². The fourth-order valence-corrected chi connectivity index (χ4v) is 3.19. The lowest BCUT2D eigenvalue weighted by Crippen LogP contribution is -2.46. The van der Waals surface area contributed by atoms with Gasteiger partial charge in [0, 0.05) is 39.5 Å². The molecule has 0 spiro atoms. The first-order chi connectivity index (χ1) is 12.3. The molecule has 0 aliphatic carbocycles. The average Bonchev–Trinajstić information content (AvgIpc) is 3.05. The van der Waals surface area contributed by atoms with E-state index in [1.54, 1.807) is 13.3 Å². The smallest absolute Gasteiger partial charge is 0.156 e. The summed E-state index contributed by atoms with van der Waals surface area (Å²) >= 11 is 0. The predicted octanol–water partition coefficient (Wildman–Crippen LogP) is 1.82. The molecule has 2 aromatic heterocycles. The summed E-state index contributed by atoms with van der Waals surface area (Å²) in [5, 5.41) is 0. The third-order valence-electron chi connectivity index (χ3n) is 4.47. The van der Waals surface area contributed by atoms with E-state index in [-0.39, 0.29) is 0 Å². The number of imidazole rings is 1. The van der Waals surface area contributed by atoms with Gasteiger partial charge in [0.2, 0.25) is 0 Å². The van der Waals surface area contributed by atoms with Crippen molar-refractivity contribution in [2.24, 2.45) is 0 Å². The van der Waals surface area contributed by atoms with E-state index in [0.29, 0.717) is 6.61 Å². The number of nitrogens with one attached hydrogen (secondary N) is 1. The Morgan fingerprint density at radius 2 is 1.92 bits per heavy atom. The van der Waals surface area contributed by atoms with Crippen molar-refractivity contribution in [1.29, 1.82) is 0 Å². The van der Waals surface area contributed by atoms with Gasteiger partial charge in [0.25, 0.3) is 0 Å². The molecule has 3 heterocycles. The number of hydrogen-bond acceptors (Lipinski definition) is 6. The number of aromatic amines is 1. The molecule has 3 aromatic rings. The highest BCUT2D eigenvalue weighted by Crippen LogP contribution is 2.16. The quantitative estimate of drug-likeness (QED) is 0.765. The molecule has 0 saturated carbocycles. The zero-order valence-corrected chi connectivity index (χ0v) is 14.4. The van der Waals surface area contributed by atoms with Gasteiger partial charge in [-0.25, -0.2) is 15.0 Å². The predicted molar refractivity (Wildman–Crippen MR) is 96.3 cm³/mol. The number of H-pyrrole nitrogens is 1. The highest BCUT2D eigenvalue weighted by atomic mass is 16.5. The standard InChI is InChI=1S/C18H22N6O/c1-25-13-17-19-7-6-18(22-17)24-10-8-23(9-11-24)12-16-20-14-4-2-3-5-15(14)21-16/h2-7H,8-13H2,1H3,(H,20,21). The Morgan fingerprint density at radius 3 is 2.72 bits per heavy atom. The van der Waals surface area contributed by atoms with Crippen LogP contribution in [-0.2, 0) is 17.9 Å². The number of para-hydroxylation sites is 2. The molecule has 4 rings (SSSR count). The van der Waals surface area contributed by atoms with Gasteiger partial charge >= 0.3 is 0 Å². The Kier molecular flexibility index (Phi) is 4.58. The van der Waals surface area contributed by atoms with Crippen LogP contribution in [0.25, 0.3) is 11.0 Å². The fraction of sp³-hybridized carbons (Fsp3) is 0.389. The first-order valence-electron chi connectivity index (χ1n) is 8.53. The van der Waals surface area contributed by atoms with Crippen molar-refractivity contribution < 1.29 is 4.74 Å². The summed E-state index contributed by atoms with van der Waals surface area (Å²) in [7, 11) is 1.66. The molecule has 7 heteroatoms. The first kappa shape index (κ1) is 16.0. The van der Waals surface area contributed by atoms with Crippen LogP contribution in [0.3, 0.4) is 0 Å². The monoisotopic (exact) mass is 338 g/mol. The number of rotatable bonds is 5. The number of piperazine rings is 1. The van der Waals surface area contributed by atoms with Gasteiger partial charge in [-0.3, -0.25) is 4.90 Å². The molecule has 1 fully saturated rings. The summed E-state index contributed by atoms with van der Waals surface area (Å²) in [6.07, 6.45) is 1.80. The van der Waals surface area contributed by atoms with E-state index < -0.39 is 0 Å². The molecule has 0 amide bonds. The highest BCUT2D eigenvalue weighted by Gasteiger charge is 2.19. The third kappa shape index (κ3) is 3.62. The van der Waals surface area contributed by atoms with Gasteiger partial charge in [0.05, 0.1) is 17.6 Å². The van der Waals surface area contributed by atoms with Crippen molar-refractivity contribution in [1.82, 2.24) is 24.8 Å². The van der Waals surface area contributed by atoms with E-state index in [1.807, 2.05) is 24.3 Å². The van der Waals surface area contributed by atoms with Gasteiger partial charge in [0.15, 0.2) is 5.82 Å². The lowest BCUT2D eigenvalue weighted by molar-refractivity contribution is 0.177. The Labute approximate surface area is 146 Å². The summed E-state index contributed by atoms with van der Waals surface area (Å²) in [6.45, 7) is 5.16. The van der Waals surface area contributed by atoms with E-state index in [9.17, 15) is 0 Å². The average molecular weight is 338 g/mol. The third-order valence-corrected chi connectivity index (χ3v) is 4.47. The van der Waals surface area contributed by atoms with E-state index in [1.165, 1.54) is 0 Å². The van der Waals surface area contributed by atoms with Gasteiger partial charge in [-0.15, -0.1) is 0 Å². The Hall–Kier alpha value is -2.51. The fourth-order valence-electron chi connectivity index (χ4n) is 3.19.